The number of nitrogens with two attached hydrogens (primary N) is 1. The van der Waals surface area contributed by atoms with Gasteiger partial charge < -0.3 is 10.9 Å². The Morgan fingerprint density at radius 2 is 1.69 bits per heavy atom. The van der Waals surface area contributed by atoms with Gasteiger partial charge in [0.15, 0.2) is 5.69 Å². The third-order valence-electron chi connectivity index (χ3n) is 3.26. The van der Waals surface area contributed by atoms with Crippen molar-refractivity contribution in [2.24, 2.45) is 0 Å². The Bertz CT molecular complexity index is 568. The van der Waals surface area contributed by atoms with Gasteiger partial charge in [0.05, 0.1) is 5.39 Å². The second kappa shape index (κ2) is 3.18. The molecule has 1 unspecified atom stereocenters. The SMILES string of the molecule is Nc1ccc2c3c(ccc([NH+]([O-])O)c13)CC2. The topological polar surface area (TPSA) is 73.8 Å². The van der Waals surface area contributed by atoms with E-state index < -0.39 is 5.23 Å². The second-order valence-electron chi connectivity index (χ2n) is 4.14. The molecular weight excluding hydrogens is 204 g/mol. The minimum absolute atomic E-state index is 0.306. The van der Waals surface area contributed by atoms with Crippen LogP contribution in [0.3, 0.4) is 0 Å². The summed E-state index contributed by atoms with van der Waals surface area (Å²) in [6.07, 6.45) is 1.96. The van der Waals surface area contributed by atoms with Crippen LogP contribution in [0.15, 0.2) is 24.3 Å². The molecule has 1 atom stereocenters. The van der Waals surface area contributed by atoms with Crippen molar-refractivity contribution in [2.45, 2.75) is 12.8 Å². The fourth-order valence-electron chi connectivity index (χ4n) is 2.53. The van der Waals surface area contributed by atoms with Crippen molar-refractivity contribution in [1.29, 1.82) is 0 Å². The van der Waals surface area contributed by atoms with E-state index in [1.54, 1.807) is 12.1 Å². The molecule has 0 bridgehead atoms. The summed E-state index contributed by atoms with van der Waals surface area (Å²) in [7, 11) is 0. The fourth-order valence-corrected chi connectivity index (χ4v) is 2.53. The minimum Gasteiger partial charge on any atom is -0.595 e. The monoisotopic (exact) mass is 216 g/mol. The molecule has 0 aliphatic heterocycles. The van der Waals surface area contributed by atoms with Crippen molar-refractivity contribution in [3.8, 4) is 0 Å². The van der Waals surface area contributed by atoms with E-state index >= 15 is 0 Å². The number of aryl methyl sites for hydroxylation is 2. The molecule has 0 aromatic heterocycles. The van der Waals surface area contributed by atoms with Gasteiger partial charge in [-0.25, -0.2) is 5.21 Å². The van der Waals surface area contributed by atoms with Crippen molar-refractivity contribution in [3.05, 3.63) is 40.6 Å². The van der Waals surface area contributed by atoms with Gasteiger partial charge in [0.25, 0.3) is 0 Å². The van der Waals surface area contributed by atoms with Crippen molar-refractivity contribution in [1.82, 2.24) is 0 Å². The first-order chi connectivity index (χ1) is 7.68. The molecule has 1 aliphatic carbocycles. The molecule has 82 valence electrons. The maximum Gasteiger partial charge on any atom is 0.173 e. The third-order valence-corrected chi connectivity index (χ3v) is 3.26. The Hall–Kier alpha value is -1.62. The zero-order chi connectivity index (χ0) is 11.3. The van der Waals surface area contributed by atoms with Gasteiger partial charge in [-0.3, -0.25) is 0 Å². The summed E-state index contributed by atoms with van der Waals surface area (Å²) in [6.45, 7) is 0. The lowest BCUT2D eigenvalue weighted by molar-refractivity contribution is -0.990. The molecule has 4 heteroatoms. The predicted molar refractivity (Wildman–Crippen MR) is 61.5 cm³/mol. The number of quaternary nitrogens is 1. The predicted octanol–water partition coefficient (Wildman–Crippen LogP) is 0.924. The maximum atomic E-state index is 11.2. The fraction of sp³-hybridized carbons (Fsp3) is 0.167. The molecule has 0 saturated heterocycles. The van der Waals surface area contributed by atoms with Gasteiger partial charge in [-0.1, -0.05) is 12.1 Å². The summed E-state index contributed by atoms with van der Waals surface area (Å²) >= 11 is 0. The van der Waals surface area contributed by atoms with E-state index in [0.717, 1.165) is 18.2 Å². The van der Waals surface area contributed by atoms with Crippen molar-refractivity contribution in [3.63, 3.8) is 0 Å². The zero-order valence-corrected chi connectivity index (χ0v) is 8.66. The molecule has 0 fully saturated rings. The third kappa shape index (κ3) is 1.15. The molecule has 2 aromatic rings. The van der Waals surface area contributed by atoms with E-state index in [-0.39, 0.29) is 0 Å². The highest BCUT2D eigenvalue weighted by atomic mass is 16.8. The van der Waals surface area contributed by atoms with E-state index in [4.69, 9.17) is 10.9 Å². The Balaban J connectivity index is 2.49. The summed E-state index contributed by atoms with van der Waals surface area (Å²) in [4.78, 5) is 0. The van der Waals surface area contributed by atoms with E-state index in [0.29, 0.717) is 16.8 Å². The first-order valence-electron chi connectivity index (χ1n) is 5.24. The van der Waals surface area contributed by atoms with Crippen molar-refractivity contribution < 1.29 is 10.4 Å². The smallest absolute Gasteiger partial charge is 0.173 e. The molecule has 4 nitrogen and oxygen atoms in total. The molecule has 4 N–H and O–H groups in total. The molecule has 16 heavy (non-hydrogen) atoms. The van der Waals surface area contributed by atoms with Crippen molar-refractivity contribution in [2.75, 3.05) is 5.73 Å². The highest BCUT2D eigenvalue weighted by Gasteiger charge is 2.20. The lowest BCUT2D eigenvalue weighted by Crippen LogP contribution is -2.99. The second-order valence-corrected chi connectivity index (χ2v) is 4.14. The van der Waals surface area contributed by atoms with Gasteiger partial charge in [0.1, 0.15) is 0 Å². The van der Waals surface area contributed by atoms with Gasteiger partial charge in [0.2, 0.25) is 0 Å². The lowest BCUT2D eigenvalue weighted by Gasteiger charge is -2.16. The standard InChI is InChI=1S/C12H12N2O2/c13-9-5-3-7-1-2-8-4-6-10(14(15)16)12(9)11(7)8/h3-6,14-15H,1-2,13H2. The molecule has 1 aliphatic rings. The van der Waals surface area contributed by atoms with Crippen LogP contribution in [0.5, 0.6) is 0 Å². The van der Waals surface area contributed by atoms with Crippen molar-refractivity contribution >= 4 is 22.1 Å². The van der Waals surface area contributed by atoms with Gasteiger partial charge in [-0.05, 0) is 35.4 Å². The van der Waals surface area contributed by atoms with Gasteiger partial charge in [-0.15, -0.1) is 0 Å². The van der Waals surface area contributed by atoms with Crippen LogP contribution in [-0.2, 0) is 12.8 Å². The summed E-state index contributed by atoms with van der Waals surface area (Å²) in [6, 6.07) is 7.37. The normalized spacial score (nSPS) is 15.6. The van der Waals surface area contributed by atoms with E-state index in [1.807, 2.05) is 12.1 Å². The molecule has 0 heterocycles. The van der Waals surface area contributed by atoms with Crippen LogP contribution in [0.2, 0.25) is 0 Å². The highest BCUT2D eigenvalue weighted by Crippen LogP contribution is 2.37. The molecule has 0 saturated carbocycles. The average Bonchev–Trinajstić information content (AvgIpc) is 2.67. The van der Waals surface area contributed by atoms with Crippen LogP contribution < -0.4 is 11.0 Å². The number of anilines is 1. The average molecular weight is 216 g/mol. The Labute approximate surface area is 92.4 Å². The zero-order valence-electron chi connectivity index (χ0n) is 8.66. The van der Waals surface area contributed by atoms with E-state index in [9.17, 15) is 5.21 Å². The van der Waals surface area contributed by atoms with Crippen LogP contribution in [0.25, 0.3) is 10.8 Å². The number of nitrogen functional groups attached to an aromatic ring is 1. The first kappa shape index (κ1) is 9.59. The van der Waals surface area contributed by atoms with Gasteiger partial charge in [0, 0.05) is 11.8 Å². The molecule has 3 rings (SSSR count). The van der Waals surface area contributed by atoms with Gasteiger partial charge >= 0.3 is 0 Å². The molecular formula is C12H12N2O2. The quantitative estimate of drug-likeness (QED) is 0.490. The van der Waals surface area contributed by atoms with Crippen LogP contribution in [0.4, 0.5) is 11.4 Å². The number of hydrogen-bond acceptors (Lipinski definition) is 3. The molecule has 0 radical (unpaired) electrons. The summed E-state index contributed by atoms with van der Waals surface area (Å²) in [5.74, 6) is 0. The van der Waals surface area contributed by atoms with Crippen LogP contribution in [-0.4, -0.2) is 5.21 Å². The summed E-state index contributed by atoms with van der Waals surface area (Å²) in [5.41, 5.74) is 9.18. The van der Waals surface area contributed by atoms with Crippen LogP contribution >= 0.6 is 0 Å². The number of nitrogens with one attached hydrogen (secondary N) is 1. The van der Waals surface area contributed by atoms with E-state index in [2.05, 4.69) is 0 Å². The van der Waals surface area contributed by atoms with Crippen LogP contribution in [0, 0.1) is 5.21 Å². The summed E-state index contributed by atoms with van der Waals surface area (Å²) in [5, 5.41) is 21.2. The van der Waals surface area contributed by atoms with Gasteiger partial charge in [-0.2, -0.15) is 5.23 Å². The lowest BCUT2D eigenvalue weighted by atomic mass is 10.0. The largest absolute Gasteiger partial charge is 0.595 e. The van der Waals surface area contributed by atoms with Crippen LogP contribution in [0.1, 0.15) is 11.1 Å². The molecule has 2 aromatic carbocycles. The Morgan fingerprint density at radius 3 is 2.31 bits per heavy atom. The minimum atomic E-state index is -0.915. The Kier molecular flexibility index (Phi) is 1.91. The maximum absolute atomic E-state index is 11.2. The highest BCUT2D eigenvalue weighted by molar-refractivity contribution is 6.04. The number of hydrogen-bond donors (Lipinski definition) is 3. The Morgan fingerprint density at radius 1 is 1.06 bits per heavy atom. The number of rotatable bonds is 1. The summed E-state index contributed by atoms with van der Waals surface area (Å²) < 4.78 is 0. The molecule has 0 spiro atoms. The van der Waals surface area contributed by atoms with E-state index in [1.165, 1.54) is 11.1 Å². The first-order valence-corrected chi connectivity index (χ1v) is 5.24. The molecule has 0 amide bonds. The number of benzene rings is 2.